The second-order valence-corrected chi connectivity index (χ2v) is 8.99. The minimum Gasteiger partial charge on any atom is -0.483 e. The summed E-state index contributed by atoms with van der Waals surface area (Å²) < 4.78 is 12.3. The maximum atomic E-state index is 6.15. The van der Waals surface area contributed by atoms with Crippen molar-refractivity contribution in [1.82, 2.24) is 0 Å². The van der Waals surface area contributed by atoms with Gasteiger partial charge in [-0.1, -0.05) is 50.6 Å². The van der Waals surface area contributed by atoms with Crippen molar-refractivity contribution in [3.05, 3.63) is 70.0 Å². The first-order valence-electron chi connectivity index (χ1n) is 9.90. The van der Waals surface area contributed by atoms with Gasteiger partial charge in [0.1, 0.15) is 12.4 Å². The van der Waals surface area contributed by atoms with E-state index in [1.54, 1.807) is 0 Å². The highest BCUT2D eigenvalue weighted by Gasteiger charge is 2.30. The Morgan fingerprint density at radius 3 is 2.21 bits per heavy atom. The van der Waals surface area contributed by atoms with E-state index in [4.69, 9.17) is 9.15 Å². The lowest BCUT2D eigenvalue weighted by atomic mass is 9.84. The molecule has 1 aliphatic heterocycles. The van der Waals surface area contributed by atoms with E-state index >= 15 is 0 Å². The summed E-state index contributed by atoms with van der Waals surface area (Å²) in [5.41, 5.74) is 8.61. The van der Waals surface area contributed by atoms with Crippen LogP contribution in [0.25, 0.3) is 0 Å². The number of nitrogens with zero attached hydrogens (tertiary/aromatic N) is 1. The average Bonchev–Trinajstić information content (AvgIpc) is 2.90. The zero-order valence-corrected chi connectivity index (χ0v) is 17.9. The van der Waals surface area contributed by atoms with Crippen LogP contribution in [-0.2, 0) is 12.0 Å². The van der Waals surface area contributed by atoms with Crippen molar-refractivity contribution in [3.63, 3.8) is 0 Å². The van der Waals surface area contributed by atoms with Crippen LogP contribution in [0.3, 0.4) is 0 Å². The Kier molecular flexibility index (Phi) is 4.29. The van der Waals surface area contributed by atoms with Crippen molar-refractivity contribution in [2.45, 2.75) is 60.5 Å². The molecule has 0 spiro atoms. The fourth-order valence-electron chi connectivity index (χ4n) is 4.01. The molecule has 0 saturated carbocycles. The lowest BCUT2D eigenvalue weighted by Gasteiger charge is -2.29. The molecule has 2 heterocycles. The Bertz CT molecular complexity index is 1030. The number of rotatable bonds is 1. The maximum absolute atomic E-state index is 6.15. The zero-order chi connectivity index (χ0) is 20.2. The first-order valence-corrected chi connectivity index (χ1v) is 9.90. The van der Waals surface area contributed by atoms with Crippen LogP contribution < -0.4 is 9.64 Å². The van der Waals surface area contributed by atoms with Gasteiger partial charge in [-0.15, -0.1) is 0 Å². The van der Waals surface area contributed by atoms with Gasteiger partial charge in [-0.2, -0.15) is 0 Å². The first kappa shape index (κ1) is 18.7. The number of anilines is 3. The van der Waals surface area contributed by atoms with Crippen molar-refractivity contribution in [2.24, 2.45) is 0 Å². The van der Waals surface area contributed by atoms with Crippen LogP contribution in [0.15, 0.2) is 40.8 Å². The number of furan rings is 1. The number of benzene rings is 2. The monoisotopic (exact) mass is 375 g/mol. The number of ether oxygens (including phenoxy) is 1. The van der Waals surface area contributed by atoms with E-state index in [1.807, 2.05) is 13.0 Å². The van der Waals surface area contributed by atoms with E-state index < -0.39 is 0 Å². The Morgan fingerprint density at radius 2 is 1.57 bits per heavy atom. The van der Waals surface area contributed by atoms with Crippen LogP contribution in [-0.4, -0.2) is 0 Å². The highest BCUT2D eigenvalue weighted by molar-refractivity contribution is 5.83. The predicted molar refractivity (Wildman–Crippen MR) is 115 cm³/mol. The minimum absolute atomic E-state index is 0.109. The second-order valence-electron chi connectivity index (χ2n) is 8.99. The molecule has 4 rings (SSSR count). The van der Waals surface area contributed by atoms with E-state index in [0.29, 0.717) is 6.61 Å². The number of hydrogen-bond acceptors (Lipinski definition) is 3. The van der Waals surface area contributed by atoms with E-state index in [0.717, 1.165) is 23.1 Å². The summed E-state index contributed by atoms with van der Waals surface area (Å²) in [6, 6.07) is 13.1. The smallest absolute Gasteiger partial charge is 0.247 e. The Morgan fingerprint density at radius 1 is 0.893 bits per heavy atom. The molecule has 1 aromatic heterocycles. The van der Waals surface area contributed by atoms with Crippen molar-refractivity contribution in [1.29, 1.82) is 0 Å². The van der Waals surface area contributed by atoms with Gasteiger partial charge in [0.05, 0.1) is 11.4 Å². The van der Waals surface area contributed by atoms with Gasteiger partial charge in [0, 0.05) is 11.6 Å². The Balaban J connectivity index is 1.99. The van der Waals surface area contributed by atoms with Gasteiger partial charge in [-0.05, 0) is 55.9 Å². The number of fused-ring (bicyclic) bond motifs is 2. The fourth-order valence-corrected chi connectivity index (χ4v) is 4.01. The SMILES string of the molecule is Cc1ccc2c(c1)COc1cc(C)oc1N2c1c(C)cc(C(C)(C)C)cc1C. The first-order chi connectivity index (χ1) is 13.1. The molecule has 3 nitrogen and oxygen atoms in total. The zero-order valence-electron chi connectivity index (χ0n) is 17.9. The van der Waals surface area contributed by atoms with Crippen molar-refractivity contribution < 1.29 is 9.15 Å². The molecule has 0 atom stereocenters. The maximum Gasteiger partial charge on any atom is 0.247 e. The van der Waals surface area contributed by atoms with E-state index in [-0.39, 0.29) is 5.41 Å². The number of hydrogen-bond donors (Lipinski definition) is 0. The molecule has 28 heavy (non-hydrogen) atoms. The highest BCUT2D eigenvalue weighted by atomic mass is 16.5. The molecular weight excluding hydrogens is 346 g/mol. The summed E-state index contributed by atoms with van der Waals surface area (Å²) in [6.07, 6.45) is 0. The highest BCUT2D eigenvalue weighted by Crippen LogP contribution is 2.48. The molecule has 0 bridgehead atoms. The van der Waals surface area contributed by atoms with Gasteiger partial charge in [0.25, 0.3) is 0 Å². The molecule has 0 fully saturated rings. The predicted octanol–water partition coefficient (Wildman–Crippen LogP) is 7.17. The van der Waals surface area contributed by atoms with Crippen LogP contribution >= 0.6 is 0 Å². The van der Waals surface area contributed by atoms with E-state index in [9.17, 15) is 0 Å². The quantitative estimate of drug-likeness (QED) is 0.451. The van der Waals surface area contributed by atoms with E-state index in [1.165, 1.54) is 33.5 Å². The van der Waals surface area contributed by atoms with Crippen LogP contribution in [0.1, 0.15) is 54.3 Å². The van der Waals surface area contributed by atoms with Gasteiger partial charge in [-0.25, -0.2) is 0 Å². The molecule has 146 valence electrons. The van der Waals surface area contributed by atoms with Gasteiger partial charge in [0.15, 0.2) is 5.75 Å². The topological polar surface area (TPSA) is 25.6 Å². The summed E-state index contributed by atoms with van der Waals surface area (Å²) in [5, 5.41) is 0. The molecule has 3 aromatic rings. The van der Waals surface area contributed by atoms with E-state index in [2.05, 4.69) is 76.8 Å². The third kappa shape index (κ3) is 3.09. The molecule has 2 aromatic carbocycles. The molecule has 0 aliphatic carbocycles. The van der Waals surface area contributed by atoms with Crippen LogP contribution in [0.2, 0.25) is 0 Å². The third-order valence-corrected chi connectivity index (χ3v) is 5.45. The van der Waals surface area contributed by atoms with Crippen LogP contribution in [0, 0.1) is 27.7 Å². The molecule has 1 aliphatic rings. The second kappa shape index (κ2) is 6.44. The minimum atomic E-state index is 0.109. The summed E-state index contributed by atoms with van der Waals surface area (Å²) in [6.45, 7) is 15.8. The average molecular weight is 376 g/mol. The summed E-state index contributed by atoms with van der Waals surface area (Å²) in [7, 11) is 0. The molecule has 3 heteroatoms. The van der Waals surface area contributed by atoms with Gasteiger partial charge in [-0.3, -0.25) is 4.90 Å². The molecule has 0 radical (unpaired) electrons. The van der Waals surface area contributed by atoms with Gasteiger partial charge >= 0.3 is 0 Å². The van der Waals surface area contributed by atoms with Gasteiger partial charge in [0.2, 0.25) is 5.88 Å². The normalized spacial score (nSPS) is 13.6. The third-order valence-electron chi connectivity index (χ3n) is 5.45. The largest absolute Gasteiger partial charge is 0.483 e. The van der Waals surface area contributed by atoms with Crippen molar-refractivity contribution in [2.75, 3.05) is 4.90 Å². The lowest BCUT2D eigenvalue weighted by Crippen LogP contribution is -2.16. The summed E-state index contributed by atoms with van der Waals surface area (Å²) in [5.74, 6) is 2.41. The molecule has 0 saturated heterocycles. The van der Waals surface area contributed by atoms with Crippen molar-refractivity contribution >= 4 is 17.3 Å². The van der Waals surface area contributed by atoms with Gasteiger partial charge < -0.3 is 9.15 Å². The summed E-state index contributed by atoms with van der Waals surface area (Å²) >= 11 is 0. The molecule has 0 amide bonds. The molecular formula is C25H29NO2. The van der Waals surface area contributed by atoms with Crippen molar-refractivity contribution in [3.8, 4) is 5.75 Å². The Labute approximate surface area is 167 Å². The molecule has 0 unspecified atom stereocenters. The van der Waals surface area contributed by atoms with Crippen LogP contribution in [0.5, 0.6) is 5.75 Å². The standard InChI is InChI=1S/C25H29NO2/c1-15-8-9-21-19(10-15)14-27-22-13-18(4)28-24(22)26(21)23-16(2)11-20(12-17(23)3)25(5,6)7/h8-13H,14H2,1-7H3. The van der Waals surface area contributed by atoms with Crippen LogP contribution in [0.4, 0.5) is 17.3 Å². The Hall–Kier alpha value is -2.68. The summed E-state index contributed by atoms with van der Waals surface area (Å²) in [4.78, 5) is 2.24. The number of aryl methyl sites for hydroxylation is 4. The lowest BCUT2D eigenvalue weighted by molar-refractivity contribution is 0.308. The molecule has 0 N–H and O–H groups in total. The fraction of sp³-hybridized carbons (Fsp3) is 0.360.